The number of esters is 1. The summed E-state index contributed by atoms with van der Waals surface area (Å²) in [5.74, 6) is 0.921. The van der Waals surface area contributed by atoms with E-state index in [0.717, 1.165) is 19.4 Å². The smallest absolute Gasteiger partial charge is 0.335 e. The molecule has 2 bridgehead atoms. The first kappa shape index (κ1) is 9.00. The topological polar surface area (TPSA) is 35.5 Å². The van der Waals surface area contributed by atoms with Crippen molar-refractivity contribution >= 4 is 5.97 Å². The summed E-state index contributed by atoms with van der Waals surface area (Å²) in [4.78, 5) is 11.3. The Bertz CT molecular complexity index is 202. The van der Waals surface area contributed by atoms with Crippen molar-refractivity contribution in [3.05, 3.63) is 0 Å². The van der Waals surface area contributed by atoms with Gasteiger partial charge in [0.25, 0.3) is 0 Å². The Morgan fingerprint density at radius 2 is 2.31 bits per heavy atom. The molecule has 1 saturated carbocycles. The van der Waals surface area contributed by atoms with Crippen molar-refractivity contribution in [2.45, 2.75) is 31.8 Å². The fourth-order valence-electron chi connectivity index (χ4n) is 2.51. The van der Waals surface area contributed by atoms with Crippen molar-refractivity contribution in [3.8, 4) is 0 Å². The highest BCUT2D eigenvalue weighted by molar-refractivity contribution is 5.75. The molecule has 13 heavy (non-hydrogen) atoms. The molecule has 0 aromatic rings. The molecular formula is C10H16O3. The second-order valence-electron chi connectivity index (χ2n) is 4.07. The fourth-order valence-corrected chi connectivity index (χ4v) is 2.51. The first-order chi connectivity index (χ1) is 6.31. The zero-order chi connectivity index (χ0) is 9.26. The predicted molar refractivity (Wildman–Crippen MR) is 47.2 cm³/mol. The second-order valence-corrected chi connectivity index (χ2v) is 4.07. The zero-order valence-corrected chi connectivity index (χ0v) is 7.99. The summed E-state index contributed by atoms with van der Waals surface area (Å²) in [5.41, 5.74) is 0. The maximum absolute atomic E-state index is 11.3. The molecule has 0 unspecified atom stereocenters. The molecule has 1 heterocycles. The third-order valence-corrected chi connectivity index (χ3v) is 3.20. The van der Waals surface area contributed by atoms with Gasteiger partial charge in [0.05, 0.1) is 13.7 Å². The second kappa shape index (κ2) is 3.66. The van der Waals surface area contributed by atoms with E-state index in [1.807, 2.05) is 0 Å². The molecule has 0 radical (unpaired) electrons. The van der Waals surface area contributed by atoms with Crippen molar-refractivity contribution in [2.24, 2.45) is 11.8 Å². The molecule has 2 aliphatic rings. The average Bonchev–Trinajstić information content (AvgIpc) is 2.18. The van der Waals surface area contributed by atoms with Crippen molar-refractivity contribution in [2.75, 3.05) is 13.7 Å². The minimum absolute atomic E-state index is 0.189. The van der Waals surface area contributed by atoms with E-state index in [1.165, 1.54) is 20.0 Å². The first-order valence-corrected chi connectivity index (χ1v) is 5.00. The van der Waals surface area contributed by atoms with Crippen LogP contribution in [0.2, 0.25) is 0 Å². The van der Waals surface area contributed by atoms with Crippen LogP contribution in [0, 0.1) is 11.8 Å². The van der Waals surface area contributed by atoms with Crippen LogP contribution in [-0.4, -0.2) is 25.8 Å². The van der Waals surface area contributed by atoms with Crippen LogP contribution in [0.5, 0.6) is 0 Å². The van der Waals surface area contributed by atoms with Gasteiger partial charge in [0.2, 0.25) is 0 Å². The molecular weight excluding hydrogens is 168 g/mol. The minimum atomic E-state index is -0.276. The van der Waals surface area contributed by atoms with Crippen LogP contribution in [-0.2, 0) is 14.3 Å². The van der Waals surface area contributed by atoms with Gasteiger partial charge in [-0.15, -0.1) is 0 Å². The molecule has 3 nitrogen and oxygen atoms in total. The molecule has 0 spiro atoms. The quantitative estimate of drug-likeness (QED) is 0.577. The normalized spacial score (nSPS) is 38.4. The summed E-state index contributed by atoms with van der Waals surface area (Å²) >= 11 is 0. The minimum Gasteiger partial charge on any atom is -0.467 e. The van der Waals surface area contributed by atoms with Gasteiger partial charge in [-0.2, -0.15) is 0 Å². The highest BCUT2D eigenvalue weighted by Gasteiger charge is 2.38. The lowest BCUT2D eigenvalue weighted by molar-refractivity contribution is -0.167. The Morgan fingerprint density at radius 1 is 1.46 bits per heavy atom. The van der Waals surface area contributed by atoms with Crippen LogP contribution in [0.4, 0.5) is 0 Å². The maximum atomic E-state index is 11.3. The van der Waals surface area contributed by atoms with Crippen LogP contribution in [0.25, 0.3) is 0 Å². The number of carbonyl (C=O) groups excluding carboxylic acids is 1. The number of hydrogen-bond acceptors (Lipinski definition) is 3. The molecule has 74 valence electrons. The van der Waals surface area contributed by atoms with Crippen molar-refractivity contribution < 1.29 is 14.3 Å². The van der Waals surface area contributed by atoms with Crippen LogP contribution in [0.15, 0.2) is 0 Å². The maximum Gasteiger partial charge on any atom is 0.335 e. The molecule has 2 fully saturated rings. The standard InChI is InChI=1S/C10H16O3/c1-12-10(11)9-8-4-2-3-7(5-8)6-13-9/h7-9H,2-6H2,1H3/t7-,8+,9-/m1/s1. The predicted octanol–water partition coefficient (Wildman–Crippen LogP) is 1.36. The Balaban J connectivity index is 2.01. The van der Waals surface area contributed by atoms with Gasteiger partial charge in [0.1, 0.15) is 0 Å². The lowest BCUT2D eigenvalue weighted by Gasteiger charge is -2.38. The van der Waals surface area contributed by atoms with E-state index < -0.39 is 0 Å². The van der Waals surface area contributed by atoms with Crippen LogP contribution in [0.3, 0.4) is 0 Å². The van der Waals surface area contributed by atoms with E-state index in [0.29, 0.717) is 11.8 Å². The Morgan fingerprint density at radius 3 is 3.08 bits per heavy atom. The Kier molecular flexibility index (Phi) is 2.54. The summed E-state index contributed by atoms with van der Waals surface area (Å²) in [7, 11) is 1.43. The summed E-state index contributed by atoms with van der Waals surface area (Å²) in [5, 5.41) is 0. The lowest BCUT2D eigenvalue weighted by Crippen LogP contribution is -2.42. The number of fused-ring (bicyclic) bond motifs is 2. The molecule has 3 atom stereocenters. The molecule has 1 saturated heterocycles. The van der Waals surface area contributed by atoms with Crippen molar-refractivity contribution in [1.82, 2.24) is 0 Å². The molecule has 0 aromatic heterocycles. The van der Waals surface area contributed by atoms with Gasteiger partial charge in [-0.1, -0.05) is 6.42 Å². The van der Waals surface area contributed by atoms with Crippen molar-refractivity contribution in [3.63, 3.8) is 0 Å². The van der Waals surface area contributed by atoms with Crippen LogP contribution in [0.1, 0.15) is 25.7 Å². The zero-order valence-electron chi connectivity index (χ0n) is 7.99. The van der Waals surface area contributed by atoms with Gasteiger partial charge >= 0.3 is 5.97 Å². The SMILES string of the molecule is COC(=O)[C@@H]1OC[C@@H]2CCC[C@H]1C2. The van der Waals surface area contributed by atoms with E-state index in [9.17, 15) is 4.79 Å². The molecule has 3 heteroatoms. The third-order valence-electron chi connectivity index (χ3n) is 3.20. The number of ether oxygens (including phenoxy) is 2. The molecule has 2 rings (SSSR count). The number of methoxy groups -OCH3 is 1. The largest absolute Gasteiger partial charge is 0.467 e. The fraction of sp³-hybridized carbons (Fsp3) is 0.900. The van der Waals surface area contributed by atoms with Crippen molar-refractivity contribution in [1.29, 1.82) is 0 Å². The number of hydrogen-bond donors (Lipinski definition) is 0. The Labute approximate surface area is 78.4 Å². The van der Waals surface area contributed by atoms with E-state index in [-0.39, 0.29) is 12.1 Å². The van der Waals surface area contributed by atoms with Crippen LogP contribution >= 0.6 is 0 Å². The summed E-state index contributed by atoms with van der Waals surface area (Å²) in [6.45, 7) is 0.746. The molecule has 0 aromatic carbocycles. The van der Waals surface area contributed by atoms with Crippen LogP contribution < -0.4 is 0 Å². The molecule has 0 amide bonds. The third kappa shape index (κ3) is 1.70. The molecule has 1 aliphatic heterocycles. The van der Waals surface area contributed by atoms with Gasteiger partial charge in [-0.25, -0.2) is 4.79 Å². The van der Waals surface area contributed by atoms with E-state index >= 15 is 0 Å². The number of carbonyl (C=O) groups is 1. The van der Waals surface area contributed by atoms with Gasteiger partial charge in [-0.3, -0.25) is 0 Å². The van der Waals surface area contributed by atoms with E-state index in [4.69, 9.17) is 9.47 Å². The molecule has 0 N–H and O–H groups in total. The Hall–Kier alpha value is -0.570. The van der Waals surface area contributed by atoms with Gasteiger partial charge in [-0.05, 0) is 31.1 Å². The van der Waals surface area contributed by atoms with Gasteiger partial charge in [0.15, 0.2) is 6.10 Å². The van der Waals surface area contributed by atoms with E-state index in [1.54, 1.807) is 0 Å². The first-order valence-electron chi connectivity index (χ1n) is 5.00. The van der Waals surface area contributed by atoms with E-state index in [2.05, 4.69) is 0 Å². The van der Waals surface area contributed by atoms with Gasteiger partial charge < -0.3 is 9.47 Å². The lowest BCUT2D eigenvalue weighted by atomic mass is 9.77. The monoisotopic (exact) mass is 184 g/mol. The molecule has 1 aliphatic carbocycles. The highest BCUT2D eigenvalue weighted by Crippen LogP contribution is 2.37. The summed E-state index contributed by atoms with van der Waals surface area (Å²) < 4.78 is 10.2. The number of rotatable bonds is 1. The average molecular weight is 184 g/mol. The summed E-state index contributed by atoms with van der Waals surface area (Å²) in [6.07, 6.45) is 4.51. The highest BCUT2D eigenvalue weighted by atomic mass is 16.6. The summed E-state index contributed by atoms with van der Waals surface area (Å²) in [6, 6.07) is 0. The van der Waals surface area contributed by atoms with Gasteiger partial charge in [0, 0.05) is 0 Å².